The van der Waals surface area contributed by atoms with Crippen LogP contribution in [0, 0.1) is 5.82 Å². The van der Waals surface area contributed by atoms with Crippen molar-refractivity contribution in [3.05, 3.63) is 54.5 Å². The first-order valence-corrected chi connectivity index (χ1v) is 8.44. The van der Waals surface area contributed by atoms with Crippen LogP contribution < -0.4 is 19.5 Å². The number of nitrogens with one attached hydrogen (secondary N) is 1. The summed E-state index contributed by atoms with van der Waals surface area (Å²) in [7, 11) is 4.92. The zero-order chi connectivity index (χ0) is 20.1. The Morgan fingerprint density at radius 2 is 1.82 bits per heavy atom. The van der Waals surface area contributed by atoms with Gasteiger partial charge in [-0.1, -0.05) is 0 Å². The van der Waals surface area contributed by atoms with Gasteiger partial charge in [-0.25, -0.2) is 4.39 Å². The molecule has 1 N–H and O–H groups in total. The van der Waals surface area contributed by atoms with Gasteiger partial charge in [0.05, 0.1) is 20.4 Å². The molecular weight excluding hydrogens is 365 g/mol. The van der Waals surface area contributed by atoms with Crippen molar-refractivity contribution in [2.24, 2.45) is 7.05 Å². The molecule has 0 radical (unpaired) electrons. The molecule has 0 aliphatic heterocycles. The number of rotatable bonds is 7. The summed E-state index contributed by atoms with van der Waals surface area (Å²) in [5.74, 6) is 0.892. The van der Waals surface area contributed by atoms with E-state index in [0.717, 1.165) is 11.3 Å². The third-order valence-electron chi connectivity index (χ3n) is 4.05. The maximum absolute atomic E-state index is 12.9. The van der Waals surface area contributed by atoms with E-state index in [4.69, 9.17) is 14.2 Å². The minimum absolute atomic E-state index is 0.206. The lowest BCUT2D eigenvalue weighted by atomic mass is 10.1. The minimum Gasteiger partial charge on any atom is -0.496 e. The lowest BCUT2D eigenvalue weighted by Gasteiger charge is -2.13. The number of hydrogen-bond acceptors (Lipinski definition) is 5. The molecule has 0 spiro atoms. The van der Waals surface area contributed by atoms with E-state index >= 15 is 0 Å². The molecule has 0 bridgehead atoms. The Bertz CT molecular complexity index is 970. The summed E-state index contributed by atoms with van der Waals surface area (Å²) in [6.07, 6.45) is 1.61. The predicted molar refractivity (Wildman–Crippen MR) is 102 cm³/mol. The van der Waals surface area contributed by atoms with Crippen molar-refractivity contribution in [3.63, 3.8) is 0 Å². The summed E-state index contributed by atoms with van der Waals surface area (Å²) < 4.78 is 30.7. The second kappa shape index (κ2) is 8.43. The van der Waals surface area contributed by atoms with E-state index in [1.807, 2.05) is 0 Å². The normalized spacial score (nSPS) is 10.4. The molecule has 0 atom stereocenters. The average Bonchev–Trinajstić information content (AvgIpc) is 3.08. The Kier molecular flexibility index (Phi) is 5.78. The van der Waals surface area contributed by atoms with Crippen molar-refractivity contribution < 1.29 is 23.4 Å². The summed E-state index contributed by atoms with van der Waals surface area (Å²) in [6, 6.07) is 10.7. The lowest BCUT2D eigenvalue weighted by Crippen LogP contribution is -2.20. The van der Waals surface area contributed by atoms with Gasteiger partial charge in [0.1, 0.15) is 23.0 Å². The molecule has 28 heavy (non-hydrogen) atoms. The zero-order valence-electron chi connectivity index (χ0n) is 15.7. The van der Waals surface area contributed by atoms with Gasteiger partial charge in [0, 0.05) is 18.3 Å². The van der Waals surface area contributed by atoms with Crippen LogP contribution in [0.15, 0.2) is 48.7 Å². The summed E-state index contributed by atoms with van der Waals surface area (Å²) in [6.45, 7) is -0.206. The molecule has 0 aliphatic carbocycles. The van der Waals surface area contributed by atoms with Crippen LogP contribution in [0.2, 0.25) is 0 Å². The standard InChI is InChI=1S/C20H20FN3O4/c1-24-20(18(27-3)11-22-24)16-10-14(6-9-17(16)26-2)23-19(25)12-28-15-7-4-13(21)5-8-15/h4-11H,12H2,1-3H3,(H,23,25). The van der Waals surface area contributed by atoms with Gasteiger partial charge in [-0.15, -0.1) is 0 Å². The van der Waals surface area contributed by atoms with E-state index in [9.17, 15) is 9.18 Å². The number of nitrogens with zero attached hydrogens (tertiary/aromatic N) is 2. The number of hydrogen-bond donors (Lipinski definition) is 1. The highest BCUT2D eigenvalue weighted by Crippen LogP contribution is 2.37. The van der Waals surface area contributed by atoms with Crippen LogP contribution in [-0.2, 0) is 11.8 Å². The number of ether oxygens (including phenoxy) is 3. The highest BCUT2D eigenvalue weighted by molar-refractivity contribution is 5.93. The predicted octanol–water partition coefficient (Wildman–Crippen LogP) is 3.26. The Balaban J connectivity index is 1.76. The van der Waals surface area contributed by atoms with Gasteiger partial charge in [0.25, 0.3) is 5.91 Å². The van der Waals surface area contributed by atoms with Crippen LogP contribution in [0.4, 0.5) is 10.1 Å². The molecule has 1 amide bonds. The van der Waals surface area contributed by atoms with Crippen molar-refractivity contribution in [1.29, 1.82) is 0 Å². The highest BCUT2D eigenvalue weighted by Gasteiger charge is 2.17. The molecule has 3 rings (SSSR count). The first-order chi connectivity index (χ1) is 13.5. The third-order valence-corrected chi connectivity index (χ3v) is 4.05. The molecule has 0 saturated heterocycles. The van der Waals surface area contributed by atoms with E-state index in [-0.39, 0.29) is 18.3 Å². The van der Waals surface area contributed by atoms with E-state index in [1.165, 1.54) is 24.3 Å². The maximum Gasteiger partial charge on any atom is 0.262 e. The molecular formula is C20H20FN3O4. The van der Waals surface area contributed by atoms with Gasteiger partial charge in [0.15, 0.2) is 12.4 Å². The number of aromatic nitrogens is 2. The minimum atomic E-state index is -0.367. The molecule has 2 aromatic carbocycles. The van der Waals surface area contributed by atoms with Gasteiger partial charge in [-0.3, -0.25) is 9.48 Å². The average molecular weight is 385 g/mol. The van der Waals surface area contributed by atoms with E-state index in [0.29, 0.717) is 22.9 Å². The topological polar surface area (TPSA) is 74.6 Å². The molecule has 0 fully saturated rings. The van der Waals surface area contributed by atoms with Crippen molar-refractivity contribution in [1.82, 2.24) is 9.78 Å². The number of aryl methyl sites for hydroxylation is 1. The molecule has 0 unspecified atom stereocenters. The first kappa shape index (κ1) is 19.2. The molecule has 1 aromatic heterocycles. The van der Waals surface area contributed by atoms with Crippen molar-refractivity contribution in [3.8, 4) is 28.5 Å². The summed E-state index contributed by atoms with van der Waals surface area (Å²) in [5.41, 5.74) is 2.00. The Labute approximate surface area is 161 Å². The van der Waals surface area contributed by atoms with Gasteiger partial charge in [0.2, 0.25) is 0 Å². The summed E-state index contributed by atoms with van der Waals surface area (Å²) in [5, 5.41) is 6.97. The third kappa shape index (κ3) is 4.22. The fourth-order valence-electron chi connectivity index (χ4n) is 2.72. The number of halogens is 1. The van der Waals surface area contributed by atoms with Crippen LogP contribution in [0.1, 0.15) is 0 Å². The monoisotopic (exact) mass is 385 g/mol. The SMILES string of the molecule is COc1ccc(NC(=O)COc2ccc(F)cc2)cc1-c1c(OC)cnn1C. The van der Waals surface area contributed by atoms with Crippen LogP contribution in [0.5, 0.6) is 17.2 Å². The molecule has 7 nitrogen and oxygen atoms in total. The van der Waals surface area contributed by atoms with Gasteiger partial charge < -0.3 is 19.5 Å². The molecule has 3 aromatic rings. The fourth-order valence-corrected chi connectivity index (χ4v) is 2.72. The van der Waals surface area contributed by atoms with Crippen LogP contribution in [0.3, 0.4) is 0 Å². The Morgan fingerprint density at radius 1 is 1.11 bits per heavy atom. The Morgan fingerprint density at radius 3 is 2.50 bits per heavy atom. The van der Waals surface area contributed by atoms with E-state index in [1.54, 1.807) is 50.3 Å². The van der Waals surface area contributed by atoms with Crippen molar-refractivity contribution in [2.45, 2.75) is 0 Å². The van der Waals surface area contributed by atoms with E-state index in [2.05, 4.69) is 10.4 Å². The molecule has 0 aliphatic rings. The first-order valence-electron chi connectivity index (χ1n) is 8.44. The van der Waals surface area contributed by atoms with Gasteiger partial charge in [-0.2, -0.15) is 5.10 Å². The largest absolute Gasteiger partial charge is 0.496 e. The lowest BCUT2D eigenvalue weighted by molar-refractivity contribution is -0.118. The summed E-state index contributed by atoms with van der Waals surface area (Å²) >= 11 is 0. The Hall–Kier alpha value is -3.55. The smallest absolute Gasteiger partial charge is 0.262 e. The maximum atomic E-state index is 12.9. The number of benzene rings is 2. The second-order valence-corrected chi connectivity index (χ2v) is 5.89. The second-order valence-electron chi connectivity index (χ2n) is 5.89. The molecule has 0 saturated carbocycles. The molecule has 8 heteroatoms. The van der Waals surface area contributed by atoms with Crippen molar-refractivity contribution in [2.75, 3.05) is 26.1 Å². The van der Waals surface area contributed by atoms with Gasteiger partial charge >= 0.3 is 0 Å². The number of anilines is 1. The van der Waals surface area contributed by atoms with E-state index < -0.39 is 0 Å². The molecule has 1 heterocycles. The number of carbonyl (C=O) groups is 1. The van der Waals surface area contributed by atoms with Gasteiger partial charge in [-0.05, 0) is 42.5 Å². The fraction of sp³-hybridized carbons (Fsp3) is 0.200. The molecule has 146 valence electrons. The van der Waals surface area contributed by atoms with Crippen molar-refractivity contribution >= 4 is 11.6 Å². The highest BCUT2D eigenvalue weighted by atomic mass is 19.1. The van der Waals surface area contributed by atoms with Crippen LogP contribution in [0.25, 0.3) is 11.3 Å². The summed E-state index contributed by atoms with van der Waals surface area (Å²) in [4.78, 5) is 12.2. The van der Waals surface area contributed by atoms with Crippen LogP contribution >= 0.6 is 0 Å². The zero-order valence-corrected chi connectivity index (χ0v) is 15.7. The van der Waals surface area contributed by atoms with Crippen LogP contribution in [-0.4, -0.2) is 36.5 Å². The quantitative estimate of drug-likeness (QED) is 0.676. The number of methoxy groups -OCH3 is 2. The number of carbonyl (C=O) groups excluding carboxylic acids is 1. The number of amides is 1.